The predicted molar refractivity (Wildman–Crippen MR) is 67.1 cm³/mol. The number of nitrogens with two attached hydrogens (primary N) is 1. The van der Waals surface area contributed by atoms with Crippen molar-refractivity contribution in [2.24, 2.45) is 0 Å². The van der Waals surface area contributed by atoms with Crippen molar-refractivity contribution in [3.63, 3.8) is 0 Å². The highest BCUT2D eigenvalue weighted by atomic mass is 19.1. The van der Waals surface area contributed by atoms with Crippen molar-refractivity contribution in [3.05, 3.63) is 53.3 Å². The minimum absolute atomic E-state index is 0.0989. The van der Waals surface area contributed by atoms with Crippen LogP contribution in [0.3, 0.4) is 0 Å². The molecule has 19 heavy (non-hydrogen) atoms. The minimum Gasteiger partial charge on any atom is -0.381 e. The highest BCUT2D eigenvalue weighted by Gasteiger charge is 2.15. The molecule has 0 spiro atoms. The Balaban J connectivity index is 2.28. The molecule has 0 saturated heterocycles. The molecular weight excluding hydrogens is 255 g/mol. The van der Waals surface area contributed by atoms with E-state index in [4.69, 9.17) is 5.73 Å². The van der Waals surface area contributed by atoms with Gasteiger partial charge in [-0.15, -0.1) is 0 Å². The number of anilines is 2. The predicted octanol–water partition coefficient (Wildman–Crippen LogP) is 2.72. The molecule has 100 valence electrons. The molecule has 1 aromatic carbocycles. The molecule has 0 aliphatic heterocycles. The fraction of sp³-hybridized carbons (Fsp3) is 0.154. The Hall–Kier alpha value is -2.24. The van der Waals surface area contributed by atoms with Gasteiger partial charge in [-0.3, -0.25) is 0 Å². The van der Waals surface area contributed by atoms with E-state index in [1.54, 1.807) is 18.2 Å². The highest BCUT2D eigenvalue weighted by Crippen LogP contribution is 2.21. The summed E-state index contributed by atoms with van der Waals surface area (Å²) in [5.41, 5.74) is 5.68. The van der Waals surface area contributed by atoms with Crippen molar-refractivity contribution >= 4 is 11.6 Å². The van der Waals surface area contributed by atoms with Crippen LogP contribution in [0.25, 0.3) is 0 Å². The van der Waals surface area contributed by atoms with E-state index in [1.807, 2.05) is 0 Å². The Kier molecular flexibility index (Phi) is 3.59. The first kappa shape index (κ1) is 13.2. The van der Waals surface area contributed by atoms with E-state index in [-0.39, 0.29) is 12.4 Å². The summed E-state index contributed by atoms with van der Waals surface area (Å²) in [7, 11) is 1.52. The summed E-state index contributed by atoms with van der Waals surface area (Å²) < 4.78 is 40.1. The molecular formula is C13H12F3N3. The molecule has 0 amide bonds. The van der Waals surface area contributed by atoms with Crippen LogP contribution in [0.2, 0.25) is 0 Å². The first-order valence-electron chi connectivity index (χ1n) is 5.55. The summed E-state index contributed by atoms with van der Waals surface area (Å²) in [5.74, 6) is -2.67. The van der Waals surface area contributed by atoms with Gasteiger partial charge in [-0.1, -0.05) is 18.2 Å². The fourth-order valence-corrected chi connectivity index (χ4v) is 1.70. The van der Waals surface area contributed by atoms with Gasteiger partial charge in [0.1, 0.15) is 5.82 Å². The molecule has 2 aromatic rings. The quantitative estimate of drug-likeness (QED) is 0.929. The number of nitrogens with zero attached hydrogens (tertiary/aromatic N) is 2. The molecule has 0 aliphatic rings. The van der Waals surface area contributed by atoms with Crippen LogP contribution in [0.15, 0.2) is 30.3 Å². The van der Waals surface area contributed by atoms with Crippen LogP contribution in [0.4, 0.5) is 24.8 Å². The second kappa shape index (κ2) is 5.17. The number of rotatable bonds is 3. The van der Waals surface area contributed by atoms with Crippen molar-refractivity contribution in [1.29, 1.82) is 0 Å². The van der Waals surface area contributed by atoms with Gasteiger partial charge in [0.05, 0.1) is 0 Å². The number of halogens is 3. The Morgan fingerprint density at radius 2 is 1.79 bits per heavy atom. The number of benzene rings is 1. The Morgan fingerprint density at radius 1 is 1.11 bits per heavy atom. The summed E-state index contributed by atoms with van der Waals surface area (Å²) in [6.45, 7) is 0.0989. The molecule has 2 rings (SSSR count). The maximum atomic E-state index is 13.6. The van der Waals surface area contributed by atoms with E-state index in [2.05, 4.69) is 4.98 Å². The van der Waals surface area contributed by atoms with Gasteiger partial charge in [-0.25, -0.2) is 18.2 Å². The average molecular weight is 267 g/mol. The zero-order chi connectivity index (χ0) is 14.0. The second-order valence-electron chi connectivity index (χ2n) is 4.11. The van der Waals surface area contributed by atoms with Crippen LogP contribution in [-0.2, 0) is 6.54 Å². The zero-order valence-corrected chi connectivity index (χ0v) is 10.2. The SMILES string of the molecule is CN(Cc1ccccc1F)c1nc(N)c(F)cc1F. The fourth-order valence-electron chi connectivity index (χ4n) is 1.70. The lowest BCUT2D eigenvalue weighted by molar-refractivity contribution is 0.571. The summed E-state index contributed by atoms with van der Waals surface area (Å²) in [6, 6.07) is 6.79. The Bertz CT molecular complexity index is 602. The highest BCUT2D eigenvalue weighted by molar-refractivity contribution is 5.47. The smallest absolute Gasteiger partial charge is 0.168 e. The molecule has 0 atom stereocenters. The number of aromatic nitrogens is 1. The standard InChI is InChI=1S/C13H12F3N3/c1-19(7-8-4-2-3-5-9(8)14)13-11(16)6-10(15)12(17)18-13/h2-6H,7H2,1H3,(H2,17,18). The topological polar surface area (TPSA) is 42.2 Å². The van der Waals surface area contributed by atoms with Crippen LogP contribution in [0, 0.1) is 17.5 Å². The van der Waals surface area contributed by atoms with Crippen LogP contribution in [0.1, 0.15) is 5.56 Å². The molecule has 0 saturated carbocycles. The lowest BCUT2D eigenvalue weighted by atomic mass is 10.2. The van der Waals surface area contributed by atoms with E-state index in [0.29, 0.717) is 11.6 Å². The third kappa shape index (κ3) is 2.78. The molecule has 3 nitrogen and oxygen atoms in total. The lowest BCUT2D eigenvalue weighted by Crippen LogP contribution is -2.20. The third-order valence-corrected chi connectivity index (χ3v) is 2.67. The number of nitrogen functional groups attached to an aromatic ring is 1. The first-order chi connectivity index (χ1) is 8.99. The number of pyridine rings is 1. The molecule has 6 heteroatoms. The lowest BCUT2D eigenvalue weighted by Gasteiger charge is -2.19. The molecule has 2 N–H and O–H groups in total. The average Bonchev–Trinajstić information content (AvgIpc) is 2.36. The summed E-state index contributed by atoms with van der Waals surface area (Å²) in [5, 5.41) is 0. The van der Waals surface area contributed by atoms with Gasteiger partial charge in [0.15, 0.2) is 23.3 Å². The number of hydrogen-bond donors (Lipinski definition) is 1. The molecule has 0 radical (unpaired) electrons. The summed E-state index contributed by atoms with van der Waals surface area (Å²) in [6.07, 6.45) is 0. The Morgan fingerprint density at radius 3 is 2.47 bits per heavy atom. The van der Waals surface area contributed by atoms with Gasteiger partial charge in [0.2, 0.25) is 0 Å². The van der Waals surface area contributed by atoms with Gasteiger partial charge in [0.25, 0.3) is 0 Å². The van der Waals surface area contributed by atoms with Crippen LogP contribution >= 0.6 is 0 Å². The van der Waals surface area contributed by atoms with Gasteiger partial charge in [-0.2, -0.15) is 0 Å². The molecule has 0 bridgehead atoms. The van der Waals surface area contributed by atoms with Gasteiger partial charge >= 0.3 is 0 Å². The van der Waals surface area contributed by atoms with Gasteiger partial charge in [0, 0.05) is 25.2 Å². The van der Waals surface area contributed by atoms with E-state index in [1.165, 1.54) is 18.0 Å². The maximum absolute atomic E-state index is 13.6. The van der Waals surface area contributed by atoms with Crippen molar-refractivity contribution < 1.29 is 13.2 Å². The van der Waals surface area contributed by atoms with Crippen LogP contribution < -0.4 is 10.6 Å². The molecule has 1 heterocycles. The van der Waals surface area contributed by atoms with Crippen molar-refractivity contribution in [3.8, 4) is 0 Å². The summed E-state index contributed by atoms with van der Waals surface area (Å²) >= 11 is 0. The third-order valence-electron chi connectivity index (χ3n) is 2.67. The van der Waals surface area contributed by atoms with Crippen LogP contribution in [0.5, 0.6) is 0 Å². The second-order valence-corrected chi connectivity index (χ2v) is 4.11. The molecule has 0 aliphatic carbocycles. The Labute approximate surface area is 108 Å². The van der Waals surface area contributed by atoms with E-state index < -0.39 is 23.3 Å². The van der Waals surface area contributed by atoms with Crippen molar-refractivity contribution in [1.82, 2.24) is 4.98 Å². The number of hydrogen-bond acceptors (Lipinski definition) is 3. The van der Waals surface area contributed by atoms with Crippen molar-refractivity contribution in [2.45, 2.75) is 6.54 Å². The minimum atomic E-state index is -0.916. The van der Waals surface area contributed by atoms with E-state index in [9.17, 15) is 13.2 Å². The van der Waals surface area contributed by atoms with Gasteiger partial charge in [-0.05, 0) is 6.07 Å². The zero-order valence-electron chi connectivity index (χ0n) is 10.2. The molecule has 1 aromatic heterocycles. The normalized spacial score (nSPS) is 10.5. The first-order valence-corrected chi connectivity index (χ1v) is 5.55. The monoisotopic (exact) mass is 267 g/mol. The maximum Gasteiger partial charge on any atom is 0.168 e. The van der Waals surface area contributed by atoms with E-state index >= 15 is 0 Å². The molecule has 0 unspecified atom stereocenters. The molecule has 0 fully saturated rings. The summed E-state index contributed by atoms with van der Waals surface area (Å²) in [4.78, 5) is 4.99. The van der Waals surface area contributed by atoms with Crippen LogP contribution in [-0.4, -0.2) is 12.0 Å². The van der Waals surface area contributed by atoms with E-state index in [0.717, 1.165) is 0 Å². The largest absolute Gasteiger partial charge is 0.381 e. The van der Waals surface area contributed by atoms with Gasteiger partial charge < -0.3 is 10.6 Å². The van der Waals surface area contributed by atoms with Crippen molar-refractivity contribution in [2.75, 3.05) is 17.7 Å².